The quantitative estimate of drug-likeness (QED) is 0.891. The Kier molecular flexibility index (Phi) is 4.22. The Bertz CT molecular complexity index is 651. The minimum Gasteiger partial charge on any atom is -0.493 e. The van der Waals surface area contributed by atoms with E-state index in [1.807, 2.05) is 11.4 Å². The molecule has 0 radical (unpaired) electrons. The lowest BCUT2D eigenvalue weighted by Crippen LogP contribution is -2.13. The summed E-state index contributed by atoms with van der Waals surface area (Å²) in [5, 5.41) is 14.1. The van der Waals surface area contributed by atoms with Crippen molar-refractivity contribution < 1.29 is 14.6 Å². The molecule has 1 aromatic heterocycles. The highest BCUT2D eigenvalue weighted by molar-refractivity contribution is 7.12. The largest absolute Gasteiger partial charge is 0.493 e. The predicted molar refractivity (Wildman–Crippen MR) is 82.1 cm³/mol. The van der Waals surface area contributed by atoms with Gasteiger partial charge in [0.25, 0.3) is 0 Å². The second kappa shape index (κ2) is 6.28. The van der Waals surface area contributed by atoms with Crippen LogP contribution in [0.15, 0.2) is 29.6 Å². The van der Waals surface area contributed by atoms with Crippen LogP contribution in [0.1, 0.15) is 32.8 Å². The Balaban J connectivity index is 1.56. The molecule has 2 aromatic rings. The van der Waals surface area contributed by atoms with Crippen molar-refractivity contribution >= 4 is 17.3 Å². The third-order valence-corrected chi connectivity index (χ3v) is 4.46. The molecule has 1 aromatic carbocycles. The molecule has 4 nitrogen and oxygen atoms in total. The molecule has 1 aliphatic rings. The number of thiophene rings is 1. The van der Waals surface area contributed by atoms with E-state index in [1.54, 1.807) is 6.07 Å². The van der Waals surface area contributed by atoms with Gasteiger partial charge in [-0.1, -0.05) is 12.1 Å². The molecule has 0 atom stereocenters. The summed E-state index contributed by atoms with van der Waals surface area (Å²) in [5.74, 6) is 0.148. The van der Waals surface area contributed by atoms with Gasteiger partial charge in [0, 0.05) is 13.1 Å². The summed E-state index contributed by atoms with van der Waals surface area (Å²) in [4.78, 5) is 11.2. The summed E-state index contributed by atoms with van der Waals surface area (Å²) in [6.07, 6.45) is 2.16. The van der Waals surface area contributed by atoms with E-state index in [0.29, 0.717) is 11.4 Å². The van der Waals surface area contributed by atoms with Crippen LogP contribution in [-0.4, -0.2) is 17.7 Å². The van der Waals surface area contributed by atoms with Gasteiger partial charge >= 0.3 is 5.97 Å². The van der Waals surface area contributed by atoms with Crippen LogP contribution >= 0.6 is 11.3 Å². The highest BCUT2D eigenvalue weighted by atomic mass is 32.1. The smallest absolute Gasteiger partial charge is 0.345 e. The van der Waals surface area contributed by atoms with Crippen molar-refractivity contribution in [2.24, 2.45) is 0 Å². The number of aryl methyl sites for hydroxylation is 1. The van der Waals surface area contributed by atoms with Crippen molar-refractivity contribution in [1.82, 2.24) is 5.32 Å². The SMILES string of the molecule is O=C(O)c1cc(CNCc2ccc3c(c2)CCCO3)cs1. The van der Waals surface area contributed by atoms with E-state index >= 15 is 0 Å². The van der Waals surface area contributed by atoms with E-state index in [0.717, 1.165) is 37.3 Å². The molecule has 5 heteroatoms. The fourth-order valence-corrected chi connectivity index (χ4v) is 3.21. The van der Waals surface area contributed by atoms with Gasteiger partial charge < -0.3 is 15.2 Å². The number of benzene rings is 1. The summed E-state index contributed by atoms with van der Waals surface area (Å²) in [5.41, 5.74) is 3.52. The average Bonchev–Trinajstić information content (AvgIpc) is 2.96. The molecule has 2 N–H and O–H groups in total. The fraction of sp³-hybridized carbons (Fsp3) is 0.312. The molecule has 0 unspecified atom stereocenters. The number of carbonyl (C=O) groups is 1. The van der Waals surface area contributed by atoms with Crippen molar-refractivity contribution in [2.45, 2.75) is 25.9 Å². The number of nitrogens with one attached hydrogen (secondary N) is 1. The first-order valence-electron chi connectivity index (χ1n) is 6.98. The Labute approximate surface area is 127 Å². The van der Waals surface area contributed by atoms with Crippen molar-refractivity contribution in [3.63, 3.8) is 0 Å². The van der Waals surface area contributed by atoms with E-state index < -0.39 is 5.97 Å². The fourth-order valence-electron chi connectivity index (χ4n) is 2.46. The van der Waals surface area contributed by atoms with Gasteiger partial charge in [-0.3, -0.25) is 0 Å². The van der Waals surface area contributed by atoms with Crippen molar-refractivity contribution in [3.8, 4) is 5.75 Å². The molecule has 21 heavy (non-hydrogen) atoms. The number of aromatic carboxylic acids is 1. The maximum absolute atomic E-state index is 10.8. The van der Waals surface area contributed by atoms with E-state index in [1.165, 1.54) is 22.5 Å². The summed E-state index contributed by atoms with van der Waals surface area (Å²) in [6, 6.07) is 8.03. The maximum Gasteiger partial charge on any atom is 0.345 e. The zero-order valence-electron chi connectivity index (χ0n) is 11.6. The molecule has 1 aliphatic heterocycles. The predicted octanol–water partition coefficient (Wildman–Crippen LogP) is 3.06. The minimum absolute atomic E-state index is 0.387. The van der Waals surface area contributed by atoms with E-state index in [-0.39, 0.29) is 0 Å². The number of carboxylic acid groups (broad SMARTS) is 1. The lowest BCUT2D eigenvalue weighted by Gasteiger charge is -2.18. The van der Waals surface area contributed by atoms with E-state index in [4.69, 9.17) is 9.84 Å². The third-order valence-electron chi connectivity index (χ3n) is 3.50. The van der Waals surface area contributed by atoms with Gasteiger partial charge in [0.2, 0.25) is 0 Å². The first-order valence-corrected chi connectivity index (χ1v) is 7.86. The normalized spacial score (nSPS) is 13.5. The van der Waals surface area contributed by atoms with Gasteiger partial charge in [-0.25, -0.2) is 4.79 Å². The second-order valence-corrected chi connectivity index (χ2v) is 6.03. The number of hydrogen-bond donors (Lipinski definition) is 2. The molecule has 0 bridgehead atoms. The van der Waals surface area contributed by atoms with Crippen LogP contribution in [0, 0.1) is 0 Å². The monoisotopic (exact) mass is 303 g/mol. The number of hydrogen-bond acceptors (Lipinski definition) is 4. The molecule has 3 rings (SSSR count). The average molecular weight is 303 g/mol. The molecule has 0 amide bonds. The molecular formula is C16H17NO3S. The van der Waals surface area contributed by atoms with Crippen LogP contribution in [0.5, 0.6) is 5.75 Å². The number of ether oxygens (including phenoxy) is 1. The van der Waals surface area contributed by atoms with Crippen molar-refractivity contribution in [1.29, 1.82) is 0 Å². The van der Waals surface area contributed by atoms with Gasteiger partial charge in [0.15, 0.2) is 0 Å². The Morgan fingerprint density at radius 2 is 2.14 bits per heavy atom. The van der Waals surface area contributed by atoms with Crippen molar-refractivity contribution in [3.05, 3.63) is 51.2 Å². The highest BCUT2D eigenvalue weighted by Crippen LogP contribution is 2.25. The van der Waals surface area contributed by atoms with E-state index in [2.05, 4.69) is 17.4 Å². The Hall–Kier alpha value is -1.85. The lowest BCUT2D eigenvalue weighted by atomic mass is 10.0. The Morgan fingerprint density at radius 3 is 2.95 bits per heavy atom. The zero-order chi connectivity index (χ0) is 14.7. The number of fused-ring (bicyclic) bond motifs is 1. The zero-order valence-corrected chi connectivity index (χ0v) is 12.4. The van der Waals surface area contributed by atoms with Crippen molar-refractivity contribution in [2.75, 3.05) is 6.61 Å². The Morgan fingerprint density at radius 1 is 1.29 bits per heavy atom. The molecule has 0 aliphatic carbocycles. The lowest BCUT2D eigenvalue weighted by molar-refractivity contribution is 0.0702. The number of rotatable bonds is 5. The molecule has 110 valence electrons. The number of carboxylic acids is 1. The summed E-state index contributed by atoms with van der Waals surface area (Å²) in [6.45, 7) is 2.26. The van der Waals surface area contributed by atoms with Crippen LogP contribution in [0.4, 0.5) is 0 Å². The van der Waals surface area contributed by atoms with Gasteiger partial charge in [0.05, 0.1) is 6.61 Å². The van der Waals surface area contributed by atoms with Gasteiger partial charge in [0.1, 0.15) is 10.6 Å². The van der Waals surface area contributed by atoms with Crippen LogP contribution in [0.3, 0.4) is 0 Å². The molecule has 0 fully saturated rings. The summed E-state index contributed by atoms with van der Waals surface area (Å²) < 4.78 is 5.60. The van der Waals surface area contributed by atoms with Crippen LogP contribution in [0.25, 0.3) is 0 Å². The van der Waals surface area contributed by atoms with Gasteiger partial charge in [-0.2, -0.15) is 0 Å². The first kappa shape index (κ1) is 14.1. The summed E-state index contributed by atoms with van der Waals surface area (Å²) in [7, 11) is 0. The topological polar surface area (TPSA) is 58.6 Å². The van der Waals surface area contributed by atoms with Crippen LogP contribution < -0.4 is 10.1 Å². The standard InChI is InChI=1S/C16H17NO3S/c18-16(19)15-7-12(10-21-15)9-17-8-11-3-4-14-13(6-11)2-1-5-20-14/h3-4,6-7,10,17H,1-2,5,8-9H2,(H,18,19). The third kappa shape index (κ3) is 3.43. The molecular weight excluding hydrogens is 286 g/mol. The summed E-state index contributed by atoms with van der Waals surface area (Å²) >= 11 is 1.27. The van der Waals surface area contributed by atoms with E-state index in [9.17, 15) is 4.79 Å². The van der Waals surface area contributed by atoms with Crippen LogP contribution in [0.2, 0.25) is 0 Å². The molecule has 0 saturated carbocycles. The second-order valence-electron chi connectivity index (χ2n) is 5.12. The minimum atomic E-state index is -0.860. The van der Waals surface area contributed by atoms with Gasteiger partial charge in [-0.05, 0) is 47.0 Å². The highest BCUT2D eigenvalue weighted by Gasteiger charge is 2.10. The van der Waals surface area contributed by atoms with Crippen LogP contribution in [-0.2, 0) is 19.5 Å². The first-order chi connectivity index (χ1) is 10.2. The van der Waals surface area contributed by atoms with Gasteiger partial charge in [-0.15, -0.1) is 11.3 Å². The maximum atomic E-state index is 10.8. The molecule has 2 heterocycles. The molecule has 0 spiro atoms. The molecule has 0 saturated heterocycles.